The molecular weight excluding hydrogens is 366 g/mol. The van der Waals surface area contributed by atoms with Crippen LogP contribution < -0.4 is 4.90 Å². The number of aryl methyl sites for hydroxylation is 1. The van der Waals surface area contributed by atoms with Crippen LogP contribution in [0, 0.1) is 12.8 Å². The maximum atomic E-state index is 12.8. The first-order valence-corrected chi connectivity index (χ1v) is 11.0. The average molecular weight is 395 g/mol. The van der Waals surface area contributed by atoms with Crippen molar-refractivity contribution in [3.05, 3.63) is 35.7 Å². The number of nitrogens with zero attached hydrogens (tertiary/aromatic N) is 4. The molecule has 2 heterocycles. The van der Waals surface area contributed by atoms with E-state index in [2.05, 4.69) is 29.4 Å². The molecule has 1 atom stereocenters. The third-order valence-corrected chi connectivity index (χ3v) is 6.79. The highest BCUT2D eigenvalue weighted by Gasteiger charge is 2.36. The van der Waals surface area contributed by atoms with Crippen LogP contribution in [0.5, 0.6) is 0 Å². The summed E-state index contributed by atoms with van der Waals surface area (Å²) in [5, 5.41) is 21.7. The van der Waals surface area contributed by atoms with Gasteiger partial charge in [0.15, 0.2) is 21.8 Å². The first-order chi connectivity index (χ1) is 12.8. The number of sulfone groups is 1. The van der Waals surface area contributed by atoms with Gasteiger partial charge in [-0.2, -0.15) is 0 Å². The van der Waals surface area contributed by atoms with E-state index >= 15 is 0 Å². The fourth-order valence-electron chi connectivity index (χ4n) is 3.74. The van der Waals surface area contributed by atoms with Crippen molar-refractivity contribution in [2.24, 2.45) is 5.92 Å². The van der Waals surface area contributed by atoms with Gasteiger partial charge in [-0.15, -0.1) is 5.10 Å². The Labute approximate surface area is 160 Å². The molecule has 148 valence electrons. The standard InChI is InChI=1S/C18H27N5O3S/c1-13(2)17(22-10-8-15(24)9-11-22)18-19-20-21-23(18)12-27(25,26)16-6-4-14(3)5-7-16/h4-7,13,15,17,24H,8-12H2,1-3H3/p+1/t17-/m0/s1. The molecule has 8 nitrogen and oxygen atoms in total. The SMILES string of the molecule is Cc1ccc(S(=O)(=O)Cn2nnnc2[C@H](C(C)C)[NH+]2CCC(O)CC2)cc1. The minimum absolute atomic E-state index is 0.0132. The molecule has 1 aliphatic heterocycles. The maximum Gasteiger partial charge on any atom is 0.210 e. The molecule has 3 rings (SSSR count). The number of aliphatic hydroxyl groups is 1. The quantitative estimate of drug-likeness (QED) is 0.723. The van der Waals surface area contributed by atoms with Crippen LogP contribution >= 0.6 is 0 Å². The van der Waals surface area contributed by atoms with Crippen molar-refractivity contribution in [1.82, 2.24) is 20.2 Å². The highest BCUT2D eigenvalue weighted by atomic mass is 32.2. The van der Waals surface area contributed by atoms with Crippen LogP contribution in [0.2, 0.25) is 0 Å². The average Bonchev–Trinajstić information content (AvgIpc) is 3.04. The van der Waals surface area contributed by atoms with Crippen LogP contribution in [0.25, 0.3) is 0 Å². The minimum atomic E-state index is -3.55. The first kappa shape index (κ1) is 19.9. The molecule has 0 amide bonds. The molecule has 0 bridgehead atoms. The molecule has 1 aromatic carbocycles. The molecule has 0 aliphatic carbocycles. The number of aromatic nitrogens is 4. The zero-order valence-electron chi connectivity index (χ0n) is 16.0. The molecule has 1 saturated heterocycles. The Morgan fingerprint density at radius 2 is 1.85 bits per heavy atom. The molecule has 0 radical (unpaired) electrons. The highest BCUT2D eigenvalue weighted by molar-refractivity contribution is 7.90. The van der Waals surface area contributed by atoms with E-state index in [4.69, 9.17) is 0 Å². The summed E-state index contributed by atoms with van der Waals surface area (Å²) in [6, 6.07) is 6.79. The molecule has 0 unspecified atom stereocenters. The molecule has 0 saturated carbocycles. The van der Waals surface area contributed by atoms with Gasteiger partial charge in [0.1, 0.15) is 0 Å². The van der Waals surface area contributed by atoms with E-state index < -0.39 is 9.84 Å². The lowest BCUT2D eigenvalue weighted by Gasteiger charge is -2.34. The number of piperidine rings is 1. The molecular formula is C18H28N5O3S+. The zero-order chi connectivity index (χ0) is 19.6. The van der Waals surface area contributed by atoms with Crippen LogP contribution in [0.1, 0.15) is 44.1 Å². The van der Waals surface area contributed by atoms with Crippen molar-refractivity contribution in [1.29, 1.82) is 0 Å². The van der Waals surface area contributed by atoms with E-state index in [0.717, 1.165) is 31.5 Å². The number of nitrogens with one attached hydrogen (secondary N) is 1. The van der Waals surface area contributed by atoms with E-state index in [1.807, 2.05) is 6.92 Å². The summed E-state index contributed by atoms with van der Waals surface area (Å²) in [4.78, 5) is 1.56. The molecule has 2 N–H and O–H groups in total. The van der Waals surface area contributed by atoms with Gasteiger partial charge in [-0.25, -0.2) is 13.1 Å². The van der Waals surface area contributed by atoms with Gasteiger partial charge in [-0.1, -0.05) is 31.5 Å². The molecule has 2 aromatic rings. The minimum Gasteiger partial charge on any atom is -0.393 e. The smallest absolute Gasteiger partial charge is 0.210 e. The Kier molecular flexibility index (Phi) is 5.92. The van der Waals surface area contributed by atoms with E-state index in [1.165, 1.54) is 9.58 Å². The fourth-order valence-corrected chi connectivity index (χ4v) is 4.95. The number of aliphatic hydroxyl groups excluding tert-OH is 1. The van der Waals surface area contributed by atoms with Crippen LogP contribution in [-0.2, 0) is 15.7 Å². The van der Waals surface area contributed by atoms with E-state index in [0.29, 0.717) is 5.82 Å². The second-order valence-electron chi connectivity index (χ2n) is 7.70. The summed E-state index contributed by atoms with van der Waals surface area (Å²) >= 11 is 0. The Bertz CT molecular complexity index is 855. The van der Waals surface area contributed by atoms with Gasteiger partial charge in [-0.3, -0.25) is 0 Å². The van der Waals surface area contributed by atoms with Gasteiger partial charge in [0.05, 0.1) is 24.1 Å². The maximum absolute atomic E-state index is 12.8. The van der Waals surface area contributed by atoms with Crippen molar-refractivity contribution >= 4 is 9.84 Å². The number of quaternary nitrogens is 1. The summed E-state index contributed by atoms with van der Waals surface area (Å²) in [6.07, 6.45) is 1.23. The number of likely N-dealkylation sites (tertiary alicyclic amines) is 1. The summed E-state index contributed by atoms with van der Waals surface area (Å²) in [5.74, 6) is 0.548. The van der Waals surface area contributed by atoms with Gasteiger partial charge in [0, 0.05) is 18.8 Å². The van der Waals surface area contributed by atoms with Crippen LogP contribution in [0.15, 0.2) is 29.2 Å². The molecule has 9 heteroatoms. The van der Waals surface area contributed by atoms with Crippen LogP contribution in [0.4, 0.5) is 0 Å². The Morgan fingerprint density at radius 1 is 1.22 bits per heavy atom. The largest absolute Gasteiger partial charge is 0.393 e. The number of rotatable bonds is 6. The van der Waals surface area contributed by atoms with Crippen molar-refractivity contribution in [3.63, 3.8) is 0 Å². The first-order valence-electron chi connectivity index (χ1n) is 9.36. The van der Waals surface area contributed by atoms with Crippen molar-refractivity contribution in [2.45, 2.75) is 56.5 Å². The third-order valence-electron chi connectivity index (χ3n) is 5.21. The Morgan fingerprint density at radius 3 is 2.44 bits per heavy atom. The topological polar surface area (TPSA) is 102 Å². The highest BCUT2D eigenvalue weighted by Crippen LogP contribution is 2.20. The predicted octanol–water partition coefficient (Wildman–Crippen LogP) is 0.150. The predicted molar refractivity (Wildman–Crippen MR) is 99.7 cm³/mol. The lowest BCUT2D eigenvalue weighted by atomic mass is 9.98. The molecule has 27 heavy (non-hydrogen) atoms. The van der Waals surface area contributed by atoms with Crippen molar-refractivity contribution < 1.29 is 18.4 Å². The Hall–Kier alpha value is -1.84. The molecule has 0 spiro atoms. The molecule has 1 fully saturated rings. The second kappa shape index (κ2) is 8.04. The van der Waals surface area contributed by atoms with Crippen LogP contribution in [-0.4, -0.2) is 52.9 Å². The van der Waals surface area contributed by atoms with Gasteiger partial charge in [0.2, 0.25) is 5.82 Å². The number of benzene rings is 1. The van der Waals surface area contributed by atoms with Gasteiger partial charge >= 0.3 is 0 Å². The molecule has 1 aliphatic rings. The van der Waals surface area contributed by atoms with Crippen molar-refractivity contribution in [3.8, 4) is 0 Å². The lowest BCUT2D eigenvalue weighted by Crippen LogP contribution is -3.14. The van der Waals surface area contributed by atoms with E-state index in [9.17, 15) is 13.5 Å². The van der Waals surface area contributed by atoms with Gasteiger partial charge < -0.3 is 10.0 Å². The zero-order valence-corrected chi connectivity index (χ0v) is 16.9. The number of hydrogen-bond donors (Lipinski definition) is 2. The summed E-state index contributed by atoms with van der Waals surface area (Å²) < 4.78 is 27.1. The summed E-state index contributed by atoms with van der Waals surface area (Å²) in [5.41, 5.74) is 1.01. The summed E-state index contributed by atoms with van der Waals surface area (Å²) in [6.45, 7) is 7.75. The van der Waals surface area contributed by atoms with Gasteiger partial charge in [0.25, 0.3) is 0 Å². The third kappa shape index (κ3) is 4.53. The van der Waals surface area contributed by atoms with E-state index in [-0.39, 0.29) is 28.8 Å². The fraction of sp³-hybridized carbons (Fsp3) is 0.611. The van der Waals surface area contributed by atoms with Gasteiger partial charge in [-0.05, 0) is 29.5 Å². The van der Waals surface area contributed by atoms with Crippen molar-refractivity contribution in [2.75, 3.05) is 13.1 Å². The summed E-state index contributed by atoms with van der Waals surface area (Å²) in [7, 11) is -3.55. The van der Waals surface area contributed by atoms with E-state index in [1.54, 1.807) is 24.3 Å². The second-order valence-corrected chi connectivity index (χ2v) is 9.66. The number of hydrogen-bond acceptors (Lipinski definition) is 6. The number of tetrazole rings is 1. The normalized spacial score (nSPS) is 22.1. The lowest BCUT2D eigenvalue weighted by molar-refractivity contribution is -0.941. The Balaban J connectivity index is 1.86. The van der Waals surface area contributed by atoms with Crippen LogP contribution in [0.3, 0.4) is 0 Å². The monoisotopic (exact) mass is 394 g/mol. The molecule has 1 aromatic heterocycles.